The summed E-state index contributed by atoms with van der Waals surface area (Å²) in [4.78, 5) is 37.3. The normalized spacial score (nSPS) is 10.2. The van der Waals surface area contributed by atoms with Gasteiger partial charge in [0.05, 0.1) is 13.0 Å². The van der Waals surface area contributed by atoms with Crippen LogP contribution in [0.15, 0.2) is 30.3 Å². The quantitative estimate of drug-likeness (QED) is 0.492. The zero-order valence-corrected chi connectivity index (χ0v) is 14.1. The van der Waals surface area contributed by atoms with E-state index in [1.54, 1.807) is 31.2 Å². The first-order chi connectivity index (χ1) is 11.6. The number of hydrogen-bond donors (Lipinski definition) is 1. The summed E-state index contributed by atoms with van der Waals surface area (Å²) in [6.45, 7) is 2.58. The van der Waals surface area contributed by atoms with Crippen molar-refractivity contribution in [2.75, 3.05) is 26.3 Å². The van der Waals surface area contributed by atoms with Crippen molar-refractivity contribution in [2.45, 2.75) is 32.6 Å². The Balaban J connectivity index is 2.50. The van der Waals surface area contributed by atoms with E-state index in [-0.39, 0.29) is 50.1 Å². The fraction of sp³-hybridized carbons (Fsp3) is 0.500. The summed E-state index contributed by atoms with van der Waals surface area (Å²) in [5, 5.41) is 8.94. The van der Waals surface area contributed by atoms with Crippen LogP contribution in [0.3, 0.4) is 0 Å². The van der Waals surface area contributed by atoms with Gasteiger partial charge in [-0.25, -0.2) is 0 Å². The lowest BCUT2D eigenvalue weighted by molar-refractivity contribution is -0.144. The van der Waals surface area contributed by atoms with Crippen LogP contribution in [0.1, 0.15) is 43.0 Å². The van der Waals surface area contributed by atoms with E-state index in [2.05, 4.69) is 0 Å². The van der Waals surface area contributed by atoms with Gasteiger partial charge in [0.2, 0.25) is 5.91 Å². The largest absolute Gasteiger partial charge is 0.466 e. The lowest BCUT2D eigenvalue weighted by atomic mass is 10.1. The lowest BCUT2D eigenvalue weighted by Gasteiger charge is -2.22. The van der Waals surface area contributed by atoms with Crippen LogP contribution in [0.4, 0.5) is 0 Å². The summed E-state index contributed by atoms with van der Waals surface area (Å²) in [5.41, 5.74) is 0.582. The Morgan fingerprint density at radius 2 is 1.75 bits per heavy atom. The molecule has 0 aliphatic carbocycles. The third kappa shape index (κ3) is 7.37. The number of Topliss-reactive ketones (excluding diaryl/α,β-unsaturated/α-hetero) is 1. The van der Waals surface area contributed by atoms with Crippen molar-refractivity contribution >= 4 is 17.7 Å². The molecule has 132 valence electrons. The van der Waals surface area contributed by atoms with Crippen LogP contribution in [-0.4, -0.2) is 54.0 Å². The Morgan fingerprint density at radius 1 is 1.04 bits per heavy atom. The van der Waals surface area contributed by atoms with E-state index in [1.807, 2.05) is 6.07 Å². The van der Waals surface area contributed by atoms with Crippen molar-refractivity contribution in [3.05, 3.63) is 35.9 Å². The Bertz CT molecular complexity index is 529. The molecule has 1 N–H and O–H groups in total. The lowest BCUT2D eigenvalue weighted by Crippen LogP contribution is -2.34. The van der Waals surface area contributed by atoms with Crippen molar-refractivity contribution in [3.8, 4) is 0 Å². The highest BCUT2D eigenvalue weighted by Crippen LogP contribution is 2.08. The minimum absolute atomic E-state index is 0.0356. The van der Waals surface area contributed by atoms with Crippen molar-refractivity contribution in [2.24, 2.45) is 0 Å². The molecule has 0 atom stereocenters. The fourth-order valence-electron chi connectivity index (χ4n) is 2.23. The zero-order chi connectivity index (χ0) is 17.8. The summed E-state index contributed by atoms with van der Waals surface area (Å²) in [5.74, 6) is -0.645. The van der Waals surface area contributed by atoms with E-state index in [0.29, 0.717) is 25.1 Å². The molecule has 1 aromatic carbocycles. The summed E-state index contributed by atoms with van der Waals surface area (Å²) < 4.78 is 4.85. The molecule has 6 heteroatoms. The monoisotopic (exact) mass is 335 g/mol. The third-order valence-electron chi connectivity index (χ3n) is 3.49. The van der Waals surface area contributed by atoms with Gasteiger partial charge < -0.3 is 14.7 Å². The summed E-state index contributed by atoms with van der Waals surface area (Å²) >= 11 is 0. The number of carbonyl (C=O) groups is 3. The molecule has 1 amide bonds. The van der Waals surface area contributed by atoms with Crippen molar-refractivity contribution in [1.82, 2.24) is 4.90 Å². The predicted octanol–water partition coefficient (Wildman–Crippen LogP) is 1.81. The van der Waals surface area contributed by atoms with Crippen LogP contribution in [0.25, 0.3) is 0 Å². The molecule has 0 saturated heterocycles. The third-order valence-corrected chi connectivity index (χ3v) is 3.49. The van der Waals surface area contributed by atoms with Crippen LogP contribution < -0.4 is 0 Å². The van der Waals surface area contributed by atoms with Gasteiger partial charge in [-0.3, -0.25) is 14.4 Å². The maximum atomic E-state index is 12.3. The summed E-state index contributed by atoms with van der Waals surface area (Å²) in [6, 6.07) is 8.83. The number of hydrogen-bond acceptors (Lipinski definition) is 5. The zero-order valence-electron chi connectivity index (χ0n) is 14.1. The number of benzene rings is 1. The molecular formula is C18H25NO5. The van der Waals surface area contributed by atoms with Gasteiger partial charge in [-0.2, -0.15) is 0 Å². The standard InChI is InChI=1S/C18H25NO5/c1-2-24-18(23)11-13-19(12-6-14-20)17(22)10-9-16(21)15-7-4-3-5-8-15/h3-5,7-8,20H,2,6,9-14H2,1H3. The SMILES string of the molecule is CCOC(=O)CCN(CCCO)C(=O)CCC(=O)c1ccccc1. The number of amides is 1. The Kier molecular flexibility index (Phi) is 9.38. The molecule has 0 heterocycles. The molecule has 0 unspecified atom stereocenters. The highest BCUT2D eigenvalue weighted by Gasteiger charge is 2.17. The van der Waals surface area contributed by atoms with Crippen LogP contribution in [0.5, 0.6) is 0 Å². The van der Waals surface area contributed by atoms with E-state index in [0.717, 1.165) is 0 Å². The molecule has 0 radical (unpaired) electrons. The smallest absolute Gasteiger partial charge is 0.307 e. The van der Waals surface area contributed by atoms with Crippen LogP contribution in [0, 0.1) is 0 Å². The number of ether oxygens (including phenoxy) is 1. The van der Waals surface area contributed by atoms with E-state index < -0.39 is 0 Å². The molecule has 6 nitrogen and oxygen atoms in total. The number of nitrogens with zero attached hydrogens (tertiary/aromatic N) is 1. The molecule has 1 aromatic rings. The Hall–Kier alpha value is -2.21. The molecule has 0 fully saturated rings. The average molecular weight is 335 g/mol. The first kappa shape index (κ1) is 19.8. The van der Waals surface area contributed by atoms with Crippen molar-refractivity contribution in [1.29, 1.82) is 0 Å². The highest BCUT2D eigenvalue weighted by atomic mass is 16.5. The molecule has 1 rings (SSSR count). The number of aliphatic hydroxyl groups excluding tert-OH is 1. The van der Waals surface area contributed by atoms with Gasteiger partial charge in [0.15, 0.2) is 5.78 Å². The maximum Gasteiger partial charge on any atom is 0.307 e. The number of ketones is 1. The molecular weight excluding hydrogens is 310 g/mol. The minimum Gasteiger partial charge on any atom is -0.466 e. The molecule has 0 aromatic heterocycles. The van der Waals surface area contributed by atoms with Gasteiger partial charge in [-0.1, -0.05) is 30.3 Å². The second-order valence-corrected chi connectivity index (χ2v) is 5.30. The molecule has 24 heavy (non-hydrogen) atoms. The fourth-order valence-corrected chi connectivity index (χ4v) is 2.23. The summed E-state index contributed by atoms with van der Waals surface area (Å²) in [6.07, 6.45) is 0.749. The number of esters is 1. The molecule has 0 aliphatic rings. The van der Waals surface area contributed by atoms with Gasteiger partial charge >= 0.3 is 5.97 Å². The van der Waals surface area contributed by atoms with E-state index in [4.69, 9.17) is 9.84 Å². The number of rotatable bonds is 11. The average Bonchev–Trinajstić information content (AvgIpc) is 2.60. The van der Waals surface area contributed by atoms with Crippen molar-refractivity contribution in [3.63, 3.8) is 0 Å². The Morgan fingerprint density at radius 3 is 2.38 bits per heavy atom. The van der Waals surface area contributed by atoms with Gasteiger partial charge in [0, 0.05) is 38.1 Å². The van der Waals surface area contributed by atoms with Gasteiger partial charge in [-0.15, -0.1) is 0 Å². The van der Waals surface area contributed by atoms with Gasteiger partial charge in [0.25, 0.3) is 0 Å². The van der Waals surface area contributed by atoms with Crippen LogP contribution in [-0.2, 0) is 14.3 Å². The predicted molar refractivity (Wildman–Crippen MR) is 89.5 cm³/mol. The maximum absolute atomic E-state index is 12.3. The first-order valence-electron chi connectivity index (χ1n) is 8.21. The topological polar surface area (TPSA) is 83.9 Å². The molecule has 0 spiro atoms. The highest BCUT2D eigenvalue weighted by molar-refractivity contribution is 5.97. The first-order valence-corrected chi connectivity index (χ1v) is 8.21. The van der Waals surface area contributed by atoms with Crippen molar-refractivity contribution < 1.29 is 24.2 Å². The molecule has 0 bridgehead atoms. The second-order valence-electron chi connectivity index (χ2n) is 5.30. The minimum atomic E-state index is -0.361. The Labute approximate surface area is 142 Å². The second kappa shape index (κ2) is 11.3. The number of aliphatic hydroxyl groups is 1. The van der Waals surface area contributed by atoms with Crippen LogP contribution >= 0.6 is 0 Å². The summed E-state index contributed by atoms with van der Waals surface area (Å²) in [7, 11) is 0. The van der Waals surface area contributed by atoms with Crippen LogP contribution in [0.2, 0.25) is 0 Å². The van der Waals surface area contributed by atoms with Gasteiger partial charge in [0.1, 0.15) is 0 Å². The van der Waals surface area contributed by atoms with Gasteiger partial charge in [-0.05, 0) is 13.3 Å². The van der Waals surface area contributed by atoms with E-state index in [1.165, 1.54) is 4.90 Å². The van der Waals surface area contributed by atoms with E-state index in [9.17, 15) is 14.4 Å². The van der Waals surface area contributed by atoms with E-state index >= 15 is 0 Å². The number of carbonyl (C=O) groups excluding carboxylic acids is 3. The molecule has 0 saturated carbocycles. The molecule has 0 aliphatic heterocycles.